The highest BCUT2D eigenvalue weighted by Gasteiger charge is 2.11. The first kappa shape index (κ1) is 12.7. The Morgan fingerprint density at radius 2 is 1.94 bits per heavy atom. The highest BCUT2D eigenvalue weighted by molar-refractivity contribution is 7.99. The van der Waals surface area contributed by atoms with Gasteiger partial charge in [-0.3, -0.25) is 0 Å². The third kappa shape index (κ3) is 3.12. The molecular formula is C14H17NS2. The summed E-state index contributed by atoms with van der Waals surface area (Å²) in [6, 6.07) is 10.7. The second-order valence-corrected chi connectivity index (χ2v) is 6.16. The molecule has 0 bridgehead atoms. The minimum absolute atomic E-state index is 0.139. The van der Waals surface area contributed by atoms with Gasteiger partial charge in [0, 0.05) is 21.6 Å². The minimum Gasteiger partial charge on any atom is -0.323 e. The van der Waals surface area contributed by atoms with E-state index in [1.165, 1.54) is 20.9 Å². The molecule has 1 atom stereocenters. The van der Waals surface area contributed by atoms with Gasteiger partial charge in [0.25, 0.3) is 0 Å². The fraction of sp³-hybridized carbons (Fsp3) is 0.286. The molecule has 0 aliphatic rings. The average Bonchev–Trinajstić information content (AvgIpc) is 2.74. The zero-order chi connectivity index (χ0) is 12.3. The van der Waals surface area contributed by atoms with E-state index in [0.717, 1.165) is 5.75 Å². The summed E-state index contributed by atoms with van der Waals surface area (Å²) in [5, 5.41) is 2.11. The smallest absolute Gasteiger partial charge is 0.0487 e. The molecule has 0 radical (unpaired) electrons. The quantitative estimate of drug-likeness (QED) is 0.838. The molecule has 90 valence electrons. The summed E-state index contributed by atoms with van der Waals surface area (Å²) >= 11 is 3.60. The number of rotatable bonds is 4. The van der Waals surface area contributed by atoms with Crippen LogP contribution in [0.25, 0.3) is 0 Å². The molecule has 1 nitrogen and oxygen atoms in total. The van der Waals surface area contributed by atoms with Crippen molar-refractivity contribution in [2.45, 2.75) is 24.8 Å². The highest BCUT2D eigenvalue weighted by Crippen LogP contribution is 2.29. The van der Waals surface area contributed by atoms with Crippen molar-refractivity contribution in [3.8, 4) is 0 Å². The first-order valence-corrected chi connectivity index (χ1v) is 7.53. The lowest BCUT2D eigenvalue weighted by molar-refractivity contribution is 0.844. The van der Waals surface area contributed by atoms with Crippen LogP contribution in [0.1, 0.15) is 22.0 Å². The Morgan fingerprint density at radius 1 is 1.18 bits per heavy atom. The molecule has 0 fully saturated rings. The van der Waals surface area contributed by atoms with E-state index in [2.05, 4.69) is 49.6 Å². The fourth-order valence-electron chi connectivity index (χ4n) is 1.74. The van der Waals surface area contributed by atoms with Crippen LogP contribution in [0.3, 0.4) is 0 Å². The molecule has 0 saturated carbocycles. The number of thioether (sulfide) groups is 1. The first-order chi connectivity index (χ1) is 8.18. The van der Waals surface area contributed by atoms with Gasteiger partial charge in [0.1, 0.15) is 0 Å². The average molecular weight is 263 g/mol. The van der Waals surface area contributed by atoms with E-state index in [1.807, 2.05) is 11.8 Å². The molecule has 2 aromatic rings. The second kappa shape index (κ2) is 5.71. The number of nitrogens with two attached hydrogens (primary N) is 1. The molecule has 0 spiro atoms. The number of thiophene rings is 1. The Labute approximate surface area is 111 Å². The maximum absolute atomic E-state index is 6.23. The van der Waals surface area contributed by atoms with Crippen molar-refractivity contribution in [2.75, 3.05) is 5.75 Å². The van der Waals surface area contributed by atoms with Gasteiger partial charge in [0.05, 0.1) is 0 Å². The molecule has 3 heteroatoms. The lowest BCUT2D eigenvalue weighted by atomic mass is 10.2. The van der Waals surface area contributed by atoms with E-state index in [9.17, 15) is 0 Å². The van der Waals surface area contributed by atoms with Crippen LogP contribution in [-0.4, -0.2) is 5.75 Å². The predicted octanol–water partition coefficient (Wildman–Crippen LogP) is 4.16. The Bertz CT molecular complexity index is 490. The van der Waals surface area contributed by atoms with E-state index in [4.69, 9.17) is 5.73 Å². The van der Waals surface area contributed by atoms with Crippen LogP contribution in [0.5, 0.6) is 0 Å². The molecule has 1 heterocycles. The van der Waals surface area contributed by atoms with Crippen molar-refractivity contribution >= 4 is 23.1 Å². The van der Waals surface area contributed by atoms with Crippen LogP contribution in [0.2, 0.25) is 0 Å². The van der Waals surface area contributed by atoms with Gasteiger partial charge in [-0.2, -0.15) is 0 Å². The highest BCUT2D eigenvalue weighted by atomic mass is 32.2. The van der Waals surface area contributed by atoms with Crippen LogP contribution in [-0.2, 0) is 0 Å². The minimum atomic E-state index is 0.139. The van der Waals surface area contributed by atoms with Gasteiger partial charge in [-0.1, -0.05) is 18.2 Å². The SMILES string of the molecule is Cc1ccccc1SCC(N)c1sccc1C. The number of benzene rings is 1. The number of aryl methyl sites for hydroxylation is 2. The Hall–Kier alpha value is -0.770. The van der Waals surface area contributed by atoms with Gasteiger partial charge in [0.15, 0.2) is 0 Å². The summed E-state index contributed by atoms with van der Waals surface area (Å²) in [6.07, 6.45) is 0. The van der Waals surface area contributed by atoms with Gasteiger partial charge < -0.3 is 5.73 Å². The molecule has 0 aliphatic heterocycles. The van der Waals surface area contributed by atoms with Crippen molar-refractivity contribution in [1.29, 1.82) is 0 Å². The Kier molecular flexibility index (Phi) is 4.26. The monoisotopic (exact) mass is 263 g/mol. The molecule has 2 rings (SSSR count). The standard InChI is InChI=1S/C14H17NS2/c1-10-5-3-4-6-13(10)17-9-12(15)14-11(2)7-8-16-14/h3-8,12H,9,15H2,1-2H3. The summed E-state index contributed by atoms with van der Waals surface area (Å²) in [4.78, 5) is 2.64. The third-order valence-corrected chi connectivity index (χ3v) is 5.20. The second-order valence-electron chi connectivity index (χ2n) is 4.15. The van der Waals surface area contributed by atoms with Crippen LogP contribution in [0.4, 0.5) is 0 Å². The molecule has 17 heavy (non-hydrogen) atoms. The van der Waals surface area contributed by atoms with E-state index in [-0.39, 0.29) is 6.04 Å². The van der Waals surface area contributed by atoms with Gasteiger partial charge >= 0.3 is 0 Å². The molecule has 1 aromatic carbocycles. The fourth-order valence-corrected chi connectivity index (χ4v) is 3.77. The van der Waals surface area contributed by atoms with Crippen LogP contribution < -0.4 is 5.73 Å². The summed E-state index contributed by atoms with van der Waals surface area (Å²) < 4.78 is 0. The summed E-state index contributed by atoms with van der Waals surface area (Å²) in [7, 11) is 0. The van der Waals surface area contributed by atoms with E-state index < -0.39 is 0 Å². The van der Waals surface area contributed by atoms with Gasteiger partial charge in [0.2, 0.25) is 0 Å². The largest absolute Gasteiger partial charge is 0.323 e. The molecule has 0 aliphatic carbocycles. The predicted molar refractivity (Wildman–Crippen MR) is 77.9 cm³/mol. The molecular weight excluding hydrogens is 246 g/mol. The summed E-state index contributed by atoms with van der Waals surface area (Å²) in [5.41, 5.74) is 8.87. The topological polar surface area (TPSA) is 26.0 Å². The zero-order valence-electron chi connectivity index (χ0n) is 10.1. The van der Waals surface area contributed by atoms with Crippen LogP contribution >= 0.6 is 23.1 Å². The molecule has 0 saturated heterocycles. The van der Waals surface area contributed by atoms with Crippen molar-refractivity contribution in [3.63, 3.8) is 0 Å². The third-order valence-electron chi connectivity index (χ3n) is 2.75. The van der Waals surface area contributed by atoms with Gasteiger partial charge in [-0.15, -0.1) is 23.1 Å². The van der Waals surface area contributed by atoms with Gasteiger partial charge in [-0.05, 0) is 42.5 Å². The van der Waals surface area contributed by atoms with E-state index >= 15 is 0 Å². The van der Waals surface area contributed by atoms with Gasteiger partial charge in [-0.25, -0.2) is 0 Å². The zero-order valence-corrected chi connectivity index (χ0v) is 11.8. The van der Waals surface area contributed by atoms with Crippen LogP contribution in [0, 0.1) is 13.8 Å². The molecule has 0 amide bonds. The van der Waals surface area contributed by atoms with Crippen molar-refractivity contribution in [1.82, 2.24) is 0 Å². The number of hydrogen-bond acceptors (Lipinski definition) is 3. The summed E-state index contributed by atoms with van der Waals surface area (Å²) in [5.74, 6) is 0.937. The van der Waals surface area contributed by atoms with Crippen LogP contribution in [0.15, 0.2) is 40.6 Å². The van der Waals surface area contributed by atoms with Crippen molar-refractivity contribution in [2.24, 2.45) is 5.73 Å². The normalized spacial score (nSPS) is 12.6. The maximum Gasteiger partial charge on any atom is 0.0487 e. The molecule has 2 N–H and O–H groups in total. The van der Waals surface area contributed by atoms with E-state index in [1.54, 1.807) is 11.3 Å². The lowest BCUT2D eigenvalue weighted by Crippen LogP contribution is -2.12. The Balaban J connectivity index is 2.00. The number of hydrogen-bond donors (Lipinski definition) is 1. The molecule has 1 aromatic heterocycles. The maximum atomic E-state index is 6.23. The lowest BCUT2D eigenvalue weighted by Gasteiger charge is -2.11. The molecule has 1 unspecified atom stereocenters. The van der Waals surface area contributed by atoms with E-state index in [0.29, 0.717) is 0 Å². The first-order valence-electron chi connectivity index (χ1n) is 5.66. The van der Waals surface area contributed by atoms with Crippen molar-refractivity contribution in [3.05, 3.63) is 51.7 Å². The Morgan fingerprint density at radius 3 is 2.59 bits per heavy atom. The summed E-state index contributed by atoms with van der Waals surface area (Å²) in [6.45, 7) is 4.27. The van der Waals surface area contributed by atoms with Crippen molar-refractivity contribution < 1.29 is 0 Å².